The van der Waals surface area contributed by atoms with Crippen LogP contribution in [0.5, 0.6) is 0 Å². The third kappa shape index (κ3) is 3.64. The average molecular weight is 440 g/mol. The zero-order chi connectivity index (χ0) is 22.7. The smallest absolute Gasteiger partial charge is 0.350 e. The summed E-state index contributed by atoms with van der Waals surface area (Å²) < 4.78 is 34.1. The van der Waals surface area contributed by atoms with Crippen molar-refractivity contribution < 1.29 is 42.8 Å². The largest absolute Gasteiger partial charge is 0.465 e. The van der Waals surface area contributed by atoms with Crippen molar-refractivity contribution in [3.05, 3.63) is 0 Å². The van der Waals surface area contributed by atoms with E-state index in [2.05, 4.69) is 0 Å². The maximum absolute atomic E-state index is 13.1. The Balaban J connectivity index is 1.46. The van der Waals surface area contributed by atoms with Gasteiger partial charge in [-0.05, 0) is 32.1 Å². The second kappa shape index (κ2) is 7.71. The Kier molecular flexibility index (Phi) is 5.59. The lowest BCUT2D eigenvalue weighted by Crippen LogP contribution is -2.45. The molecule has 4 heterocycles. The van der Waals surface area contributed by atoms with Crippen molar-refractivity contribution in [2.75, 3.05) is 6.61 Å². The summed E-state index contributed by atoms with van der Waals surface area (Å²) in [5, 5.41) is 0. The number of carbonyl (C=O) groups is 3. The van der Waals surface area contributed by atoms with E-state index in [9.17, 15) is 14.4 Å². The first kappa shape index (κ1) is 22.5. The van der Waals surface area contributed by atoms with Gasteiger partial charge in [-0.3, -0.25) is 9.59 Å². The number of fused-ring (bicyclic) bond motifs is 3. The molecule has 4 saturated heterocycles. The highest BCUT2D eigenvalue weighted by Gasteiger charge is 2.67. The zero-order valence-corrected chi connectivity index (χ0v) is 18.9. The fourth-order valence-corrected chi connectivity index (χ4v) is 5.01. The fourth-order valence-electron chi connectivity index (χ4n) is 5.01. The molecular weight excluding hydrogens is 408 g/mol. The van der Waals surface area contributed by atoms with E-state index in [-0.39, 0.29) is 17.8 Å². The van der Waals surface area contributed by atoms with Crippen molar-refractivity contribution in [2.24, 2.45) is 23.2 Å². The molecule has 4 fully saturated rings. The van der Waals surface area contributed by atoms with E-state index in [4.69, 9.17) is 28.4 Å². The Hall–Kier alpha value is -1.71. The van der Waals surface area contributed by atoms with Gasteiger partial charge in [0.2, 0.25) is 6.10 Å². The standard InChI is InChI=1S/C22H32O9/c1-10(2)9-21(5,11(3)4)20(25)29-15-13-14(27-18(15)24)16-19(28-13)31-22(6,30-16)12-7-8-26-17(12)23/h10-16,19H,7-9H2,1-6H3. The van der Waals surface area contributed by atoms with Crippen LogP contribution in [0, 0.1) is 23.2 Å². The number of hydrogen-bond acceptors (Lipinski definition) is 9. The lowest BCUT2D eigenvalue weighted by atomic mass is 9.73. The average Bonchev–Trinajstić information content (AvgIpc) is 3.38. The van der Waals surface area contributed by atoms with E-state index < -0.39 is 59.8 Å². The van der Waals surface area contributed by atoms with E-state index >= 15 is 0 Å². The maximum atomic E-state index is 13.1. The van der Waals surface area contributed by atoms with Gasteiger partial charge in [0.05, 0.1) is 12.0 Å². The summed E-state index contributed by atoms with van der Waals surface area (Å²) >= 11 is 0. The van der Waals surface area contributed by atoms with Crippen LogP contribution in [0.4, 0.5) is 0 Å². The summed E-state index contributed by atoms with van der Waals surface area (Å²) in [6.07, 6.45) is -3.19. The lowest BCUT2D eigenvalue weighted by molar-refractivity contribution is -0.246. The van der Waals surface area contributed by atoms with Crippen molar-refractivity contribution in [2.45, 2.75) is 90.9 Å². The molecule has 8 unspecified atom stereocenters. The van der Waals surface area contributed by atoms with E-state index in [1.807, 2.05) is 34.6 Å². The van der Waals surface area contributed by atoms with Crippen LogP contribution in [0.25, 0.3) is 0 Å². The van der Waals surface area contributed by atoms with Gasteiger partial charge in [-0.15, -0.1) is 0 Å². The van der Waals surface area contributed by atoms with Gasteiger partial charge in [-0.1, -0.05) is 27.7 Å². The van der Waals surface area contributed by atoms with Gasteiger partial charge in [-0.2, -0.15) is 0 Å². The van der Waals surface area contributed by atoms with Gasteiger partial charge in [0.15, 0.2) is 24.3 Å². The molecule has 0 aromatic heterocycles. The number of rotatable bonds is 6. The second-order valence-electron chi connectivity index (χ2n) is 10.1. The monoisotopic (exact) mass is 440 g/mol. The number of hydrogen-bond donors (Lipinski definition) is 0. The molecule has 0 amide bonds. The molecule has 9 heteroatoms. The van der Waals surface area contributed by atoms with Gasteiger partial charge in [-0.25, -0.2) is 4.79 Å². The van der Waals surface area contributed by atoms with Gasteiger partial charge < -0.3 is 28.4 Å². The van der Waals surface area contributed by atoms with Crippen LogP contribution in [0.1, 0.15) is 54.4 Å². The van der Waals surface area contributed by atoms with E-state index in [0.717, 1.165) is 0 Å². The molecule has 0 spiro atoms. The molecule has 0 aliphatic carbocycles. The highest BCUT2D eigenvalue weighted by atomic mass is 16.9. The van der Waals surface area contributed by atoms with Gasteiger partial charge >= 0.3 is 17.9 Å². The normalized spacial score (nSPS) is 41.2. The molecule has 0 aromatic rings. The first-order valence-electron chi connectivity index (χ1n) is 11.1. The summed E-state index contributed by atoms with van der Waals surface area (Å²) in [4.78, 5) is 37.6. The summed E-state index contributed by atoms with van der Waals surface area (Å²) in [5.74, 6) is -2.97. The highest BCUT2D eigenvalue weighted by Crippen LogP contribution is 2.47. The molecule has 0 N–H and O–H groups in total. The number of carbonyl (C=O) groups excluding carboxylic acids is 3. The second-order valence-corrected chi connectivity index (χ2v) is 10.1. The van der Waals surface area contributed by atoms with E-state index in [1.165, 1.54) is 0 Å². The van der Waals surface area contributed by atoms with Crippen molar-refractivity contribution in [1.29, 1.82) is 0 Å². The quantitative estimate of drug-likeness (QED) is 0.452. The summed E-state index contributed by atoms with van der Waals surface area (Å²) in [6, 6.07) is 0. The minimum Gasteiger partial charge on any atom is -0.465 e. The first-order chi connectivity index (χ1) is 14.5. The van der Waals surface area contributed by atoms with Crippen LogP contribution in [-0.4, -0.2) is 61.0 Å². The van der Waals surface area contributed by atoms with Crippen LogP contribution >= 0.6 is 0 Å². The van der Waals surface area contributed by atoms with E-state index in [1.54, 1.807) is 6.92 Å². The Morgan fingerprint density at radius 3 is 2.42 bits per heavy atom. The minimum absolute atomic E-state index is 0.0260. The van der Waals surface area contributed by atoms with E-state index in [0.29, 0.717) is 19.4 Å². The van der Waals surface area contributed by atoms with Crippen molar-refractivity contribution in [3.8, 4) is 0 Å². The van der Waals surface area contributed by atoms with Gasteiger partial charge in [0.25, 0.3) is 0 Å². The third-order valence-corrected chi connectivity index (χ3v) is 7.09. The highest BCUT2D eigenvalue weighted by molar-refractivity contribution is 5.84. The molecule has 0 saturated carbocycles. The Bertz CT molecular complexity index is 764. The molecular formula is C22H32O9. The Morgan fingerprint density at radius 2 is 1.84 bits per heavy atom. The van der Waals surface area contributed by atoms with Crippen molar-refractivity contribution in [1.82, 2.24) is 0 Å². The van der Waals surface area contributed by atoms with Crippen LogP contribution in [0.15, 0.2) is 0 Å². The molecule has 31 heavy (non-hydrogen) atoms. The number of cyclic esters (lactones) is 1. The maximum Gasteiger partial charge on any atom is 0.350 e. The Morgan fingerprint density at radius 1 is 1.13 bits per heavy atom. The molecule has 0 aromatic carbocycles. The van der Waals surface area contributed by atoms with Crippen LogP contribution in [0.3, 0.4) is 0 Å². The van der Waals surface area contributed by atoms with Gasteiger partial charge in [0.1, 0.15) is 12.0 Å². The molecule has 174 valence electrons. The molecule has 8 atom stereocenters. The summed E-state index contributed by atoms with van der Waals surface area (Å²) in [7, 11) is 0. The molecule has 4 aliphatic rings. The summed E-state index contributed by atoms with van der Waals surface area (Å²) in [6.45, 7) is 11.8. The summed E-state index contributed by atoms with van der Waals surface area (Å²) in [5.41, 5.74) is -0.741. The topological polar surface area (TPSA) is 107 Å². The van der Waals surface area contributed by atoms with Gasteiger partial charge in [0, 0.05) is 6.42 Å². The lowest BCUT2D eigenvalue weighted by Gasteiger charge is -2.34. The predicted molar refractivity (Wildman–Crippen MR) is 104 cm³/mol. The molecule has 4 aliphatic heterocycles. The van der Waals surface area contributed by atoms with Crippen LogP contribution in [-0.2, 0) is 42.8 Å². The Labute approximate surface area is 182 Å². The molecule has 0 bridgehead atoms. The fraction of sp³-hybridized carbons (Fsp3) is 0.864. The first-order valence-corrected chi connectivity index (χ1v) is 11.1. The van der Waals surface area contributed by atoms with Crippen LogP contribution in [0.2, 0.25) is 0 Å². The number of esters is 3. The van der Waals surface area contributed by atoms with Crippen LogP contribution < -0.4 is 0 Å². The predicted octanol–water partition coefficient (Wildman–Crippen LogP) is 1.95. The number of ether oxygens (including phenoxy) is 6. The molecule has 9 nitrogen and oxygen atoms in total. The van der Waals surface area contributed by atoms with Crippen molar-refractivity contribution >= 4 is 17.9 Å². The SMILES string of the molecule is CC(C)CC(C)(C(=O)OC1C(=O)OC2C3OC(C)(C4CCOC4=O)OC3OC12)C(C)C. The zero-order valence-electron chi connectivity index (χ0n) is 18.9. The molecule has 4 rings (SSSR count). The molecule has 0 radical (unpaired) electrons. The third-order valence-electron chi connectivity index (χ3n) is 7.09. The van der Waals surface area contributed by atoms with Crippen molar-refractivity contribution in [3.63, 3.8) is 0 Å². The minimum atomic E-state index is -1.22.